The fraction of sp³-hybridized carbons (Fsp3) is 0.185. The highest BCUT2D eigenvalue weighted by Gasteiger charge is 2.42. The summed E-state index contributed by atoms with van der Waals surface area (Å²) in [4.78, 5) is 16.6. The Hall–Kier alpha value is -3.70. The van der Waals surface area contributed by atoms with E-state index < -0.39 is 17.4 Å². The predicted molar refractivity (Wildman–Crippen MR) is 125 cm³/mol. The standard InChI is InChI=1S/C27H27N3O2/c1-20-11-9-10-16-23(20)27(21-12-5-3-6-13-21,22-14-7-4-8-15-22)25-17-29-19-30(25)18-24(28)26(31)32-2/h3-17,19,24H,18,28H2,1-2H3. The minimum atomic E-state index is -0.797. The van der Waals surface area contributed by atoms with Gasteiger partial charge in [0.15, 0.2) is 0 Å². The largest absolute Gasteiger partial charge is 0.468 e. The molecule has 0 aliphatic rings. The van der Waals surface area contributed by atoms with E-state index in [4.69, 9.17) is 10.5 Å². The molecule has 1 aromatic heterocycles. The molecule has 162 valence electrons. The number of carbonyl (C=O) groups is 1. The lowest BCUT2D eigenvalue weighted by Crippen LogP contribution is -2.39. The summed E-state index contributed by atoms with van der Waals surface area (Å²) in [6, 6.07) is 28.4. The van der Waals surface area contributed by atoms with Crippen LogP contribution in [0.3, 0.4) is 0 Å². The zero-order valence-electron chi connectivity index (χ0n) is 18.3. The topological polar surface area (TPSA) is 70.1 Å². The molecule has 0 aliphatic heterocycles. The van der Waals surface area contributed by atoms with Gasteiger partial charge in [0.25, 0.3) is 0 Å². The number of ether oxygens (including phenoxy) is 1. The van der Waals surface area contributed by atoms with Crippen LogP contribution >= 0.6 is 0 Å². The first-order valence-corrected chi connectivity index (χ1v) is 10.6. The molecule has 0 saturated heterocycles. The first-order chi connectivity index (χ1) is 15.6. The molecule has 0 radical (unpaired) electrons. The second kappa shape index (κ2) is 9.20. The first kappa shape index (κ1) is 21.5. The van der Waals surface area contributed by atoms with Gasteiger partial charge in [0, 0.05) is 12.7 Å². The fourth-order valence-electron chi connectivity index (χ4n) is 4.50. The van der Waals surface area contributed by atoms with Crippen molar-refractivity contribution in [3.8, 4) is 0 Å². The molecule has 2 N–H and O–H groups in total. The van der Waals surface area contributed by atoms with Crippen molar-refractivity contribution in [3.05, 3.63) is 125 Å². The van der Waals surface area contributed by atoms with E-state index in [0.29, 0.717) is 0 Å². The number of rotatable bonds is 7. The van der Waals surface area contributed by atoms with Gasteiger partial charge in [-0.15, -0.1) is 0 Å². The van der Waals surface area contributed by atoms with Crippen molar-refractivity contribution in [2.24, 2.45) is 5.73 Å². The first-order valence-electron chi connectivity index (χ1n) is 10.6. The Morgan fingerprint density at radius 3 is 2.09 bits per heavy atom. The van der Waals surface area contributed by atoms with Gasteiger partial charge in [-0.1, -0.05) is 84.9 Å². The van der Waals surface area contributed by atoms with E-state index in [9.17, 15) is 4.79 Å². The lowest BCUT2D eigenvalue weighted by molar-refractivity contribution is -0.142. The van der Waals surface area contributed by atoms with Gasteiger partial charge in [0.1, 0.15) is 6.04 Å². The number of methoxy groups -OCH3 is 1. The number of carbonyl (C=O) groups excluding carboxylic acids is 1. The molecule has 5 heteroatoms. The van der Waals surface area contributed by atoms with Crippen molar-refractivity contribution >= 4 is 5.97 Å². The number of hydrogen-bond acceptors (Lipinski definition) is 4. The summed E-state index contributed by atoms with van der Waals surface area (Å²) in [6.07, 6.45) is 3.60. The molecule has 0 bridgehead atoms. The number of imidazole rings is 1. The van der Waals surface area contributed by atoms with E-state index in [-0.39, 0.29) is 6.54 Å². The molecular formula is C27H27N3O2. The molecular weight excluding hydrogens is 398 g/mol. The third-order valence-corrected chi connectivity index (χ3v) is 5.96. The van der Waals surface area contributed by atoms with Crippen molar-refractivity contribution in [2.75, 3.05) is 7.11 Å². The van der Waals surface area contributed by atoms with Gasteiger partial charge in [-0.2, -0.15) is 0 Å². The van der Waals surface area contributed by atoms with Crippen molar-refractivity contribution in [2.45, 2.75) is 24.9 Å². The van der Waals surface area contributed by atoms with E-state index in [1.165, 1.54) is 7.11 Å². The number of hydrogen-bond donors (Lipinski definition) is 1. The summed E-state index contributed by atoms with van der Waals surface area (Å²) in [5.74, 6) is -0.453. The minimum absolute atomic E-state index is 0.259. The Morgan fingerprint density at radius 1 is 0.969 bits per heavy atom. The van der Waals surface area contributed by atoms with Crippen LogP contribution in [-0.4, -0.2) is 28.7 Å². The second-order valence-corrected chi connectivity index (χ2v) is 7.86. The van der Waals surface area contributed by atoms with Crippen LogP contribution in [0.1, 0.15) is 27.9 Å². The molecule has 1 unspecified atom stereocenters. The van der Waals surface area contributed by atoms with Crippen molar-refractivity contribution in [1.29, 1.82) is 0 Å². The highest BCUT2D eigenvalue weighted by atomic mass is 16.5. The lowest BCUT2D eigenvalue weighted by Gasteiger charge is -2.38. The molecule has 5 nitrogen and oxygen atoms in total. The zero-order valence-corrected chi connectivity index (χ0v) is 18.3. The molecule has 4 rings (SSSR count). The molecule has 32 heavy (non-hydrogen) atoms. The van der Waals surface area contributed by atoms with Gasteiger partial charge in [-0.05, 0) is 29.2 Å². The monoisotopic (exact) mass is 425 g/mol. The van der Waals surface area contributed by atoms with Crippen LogP contribution in [0.4, 0.5) is 0 Å². The maximum Gasteiger partial charge on any atom is 0.324 e. The van der Waals surface area contributed by atoms with E-state index in [2.05, 4.69) is 54.4 Å². The van der Waals surface area contributed by atoms with Gasteiger partial charge in [0.2, 0.25) is 0 Å². The van der Waals surface area contributed by atoms with Crippen LogP contribution in [0.5, 0.6) is 0 Å². The third-order valence-electron chi connectivity index (χ3n) is 5.96. The van der Waals surface area contributed by atoms with Gasteiger partial charge >= 0.3 is 5.97 Å². The lowest BCUT2D eigenvalue weighted by atomic mass is 9.66. The summed E-state index contributed by atoms with van der Waals surface area (Å²) >= 11 is 0. The molecule has 1 heterocycles. The van der Waals surface area contributed by atoms with Crippen molar-refractivity contribution < 1.29 is 9.53 Å². The molecule has 1 atom stereocenters. The molecule has 0 fully saturated rings. The smallest absolute Gasteiger partial charge is 0.324 e. The summed E-state index contributed by atoms with van der Waals surface area (Å²) in [7, 11) is 1.35. The van der Waals surface area contributed by atoms with Crippen LogP contribution in [0, 0.1) is 6.92 Å². The molecule has 0 saturated carbocycles. The summed E-state index contributed by atoms with van der Waals surface area (Å²) in [5.41, 5.74) is 10.9. The Morgan fingerprint density at radius 2 is 1.53 bits per heavy atom. The van der Waals surface area contributed by atoms with Crippen molar-refractivity contribution in [3.63, 3.8) is 0 Å². The normalized spacial score (nSPS) is 12.3. The average molecular weight is 426 g/mol. The van der Waals surface area contributed by atoms with Crippen molar-refractivity contribution in [1.82, 2.24) is 9.55 Å². The number of nitrogens with two attached hydrogens (primary N) is 1. The predicted octanol–water partition coefficient (Wildman–Crippen LogP) is 4.07. The van der Waals surface area contributed by atoms with E-state index in [1.54, 1.807) is 6.33 Å². The van der Waals surface area contributed by atoms with Crippen LogP contribution in [0.25, 0.3) is 0 Å². The summed E-state index contributed by atoms with van der Waals surface area (Å²) in [5, 5.41) is 0. The molecule has 0 amide bonds. The molecule has 0 spiro atoms. The average Bonchev–Trinajstić information content (AvgIpc) is 3.30. The Kier molecular flexibility index (Phi) is 6.19. The Labute approximate surface area is 188 Å². The Bertz CT molecular complexity index is 1150. The number of esters is 1. The van der Waals surface area contributed by atoms with Crippen LogP contribution in [0.2, 0.25) is 0 Å². The van der Waals surface area contributed by atoms with E-state index in [0.717, 1.165) is 27.9 Å². The van der Waals surface area contributed by atoms with Crippen LogP contribution < -0.4 is 5.73 Å². The molecule has 4 aromatic rings. The molecule has 3 aromatic carbocycles. The quantitative estimate of drug-likeness (QED) is 0.358. The minimum Gasteiger partial charge on any atom is -0.468 e. The van der Waals surface area contributed by atoms with E-state index in [1.807, 2.05) is 53.2 Å². The molecule has 0 aliphatic carbocycles. The number of benzene rings is 3. The number of aromatic nitrogens is 2. The van der Waals surface area contributed by atoms with Gasteiger partial charge < -0.3 is 15.0 Å². The second-order valence-electron chi connectivity index (χ2n) is 7.86. The number of nitrogens with zero attached hydrogens (tertiary/aromatic N) is 2. The number of aryl methyl sites for hydroxylation is 1. The maximum absolute atomic E-state index is 12.1. The van der Waals surface area contributed by atoms with Crippen LogP contribution in [0.15, 0.2) is 97.5 Å². The summed E-state index contributed by atoms with van der Waals surface area (Å²) in [6.45, 7) is 2.38. The van der Waals surface area contributed by atoms with E-state index >= 15 is 0 Å². The van der Waals surface area contributed by atoms with Gasteiger partial charge in [-0.3, -0.25) is 4.79 Å². The fourth-order valence-corrected chi connectivity index (χ4v) is 4.50. The maximum atomic E-state index is 12.1. The van der Waals surface area contributed by atoms with Gasteiger partial charge in [0.05, 0.1) is 24.5 Å². The van der Waals surface area contributed by atoms with Gasteiger partial charge in [-0.25, -0.2) is 4.98 Å². The van der Waals surface area contributed by atoms with Crippen LogP contribution in [-0.2, 0) is 21.5 Å². The SMILES string of the molecule is COC(=O)C(N)Cn1cncc1C(c1ccccc1)(c1ccccc1)c1ccccc1C. The highest BCUT2D eigenvalue weighted by molar-refractivity contribution is 5.75. The summed E-state index contributed by atoms with van der Waals surface area (Å²) < 4.78 is 6.83. The Balaban J connectivity index is 2.05. The zero-order chi connectivity index (χ0) is 22.6. The third kappa shape index (κ3) is 3.72. The highest BCUT2D eigenvalue weighted by Crippen LogP contribution is 2.46.